The molecule has 1 aliphatic carbocycles. The first kappa shape index (κ1) is 12.1. The summed E-state index contributed by atoms with van der Waals surface area (Å²) in [6.07, 6.45) is 4.96. The van der Waals surface area contributed by atoms with Crippen LogP contribution in [0.2, 0.25) is 0 Å². The van der Waals surface area contributed by atoms with Crippen LogP contribution in [0.5, 0.6) is 0 Å². The molecule has 0 aromatic heterocycles. The number of sulfonamides is 1. The van der Waals surface area contributed by atoms with Crippen molar-refractivity contribution in [3.63, 3.8) is 0 Å². The molecule has 0 unspecified atom stereocenters. The Bertz CT molecular complexity index is 379. The van der Waals surface area contributed by atoms with Gasteiger partial charge in [-0.2, -0.15) is 0 Å². The quantitative estimate of drug-likeness (QED) is 0.798. The van der Waals surface area contributed by atoms with E-state index >= 15 is 0 Å². The Kier molecular flexibility index (Phi) is 3.79. The van der Waals surface area contributed by atoms with Gasteiger partial charge in [0.25, 0.3) is 0 Å². The standard InChI is InChI=1S/C10H17NO3S/c1-8(2)15(12,13)11-9-4-6-10(14-3)7-5-9/h4,6,8,11H,5,7H2,1-3H3. The second-order valence-corrected chi connectivity index (χ2v) is 5.96. The summed E-state index contributed by atoms with van der Waals surface area (Å²) in [7, 11) is -1.60. The Morgan fingerprint density at radius 3 is 2.40 bits per heavy atom. The topological polar surface area (TPSA) is 55.4 Å². The first-order valence-corrected chi connectivity index (χ1v) is 6.45. The van der Waals surface area contributed by atoms with Gasteiger partial charge in [-0.15, -0.1) is 0 Å². The highest BCUT2D eigenvalue weighted by Crippen LogP contribution is 2.17. The number of methoxy groups -OCH3 is 1. The Morgan fingerprint density at radius 1 is 1.33 bits per heavy atom. The minimum atomic E-state index is -3.21. The van der Waals surface area contributed by atoms with Crippen molar-refractivity contribution in [2.75, 3.05) is 7.11 Å². The molecule has 0 aromatic carbocycles. The third kappa shape index (κ3) is 3.27. The summed E-state index contributed by atoms with van der Waals surface area (Å²) < 4.78 is 30.7. The van der Waals surface area contributed by atoms with Crippen molar-refractivity contribution in [1.29, 1.82) is 0 Å². The van der Waals surface area contributed by atoms with Gasteiger partial charge in [-0.1, -0.05) is 0 Å². The lowest BCUT2D eigenvalue weighted by Gasteiger charge is -2.17. The molecule has 86 valence electrons. The molecular weight excluding hydrogens is 214 g/mol. The fraction of sp³-hybridized carbons (Fsp3) is 0.600. The molecule has 1 aliphatic rings. The molecule has 5 heteroatoms. The van der Waals surface area contributed by atoms with Gasteiger partial charge in [0.2, 0.25) is 10.0 Å². The summed E-state index contributed by atoms with van der Waals surface area (Å²) in [5, 5.41) is -0.411. The third-order valence-electron chi connectivity index (χ3n) is 2.27. The maximum Gasteiger partial charge on any atom is 0.234 e. The molecule has 0 heterocycles. The van der Waals surface area contributed by atoms with E-state index in [0.29, 0.717) is 6.42 Å². The Labute approximate surface area is 91.1 Å². The van der Waals surface area contributed by atoms with E-state index in [4.69, 9.17) is 4.74 Å². The summed E-state index contributed by atoms with van der Waals surface area (Å²) >= 11 is 0. The summed E-state index contributed by atoms with van der Waals surface area (Å²) in [4.78, 5) is 0. The fourth-order valence-electron chi connectivity index (χ4n) is 1.17. The molecule has 15 heavy (non-hydrogen) atoms. The van der Waals surface area contributed by atoms with E-state index in [0.717, 1.165) is 17.9 Å². The molecule has 0 saturated carbocycles. The van der Waals surface area contributed by atoms with Gasteiger partial charge in [0.1, 0.15) is 0 Å². The second kappa shape index (κ2) is 4.70. The normalized spacial score (nSPS) is 17.1. The van der Waals surface area contributed by atoms with Crippen LogP contribution in [-0.2, 0) is 14.8 Å². The zero-order chi connectivity index (χ0) is 11.5. The molecule has 0 spiro atoms. The second-order valence-electron chi connectivity index (χ2n) is 3.72. The average Bonchev–Trinajstić information content (AvgIpc) is 2.18. The largest absolute Gasteiger partial charge is 0.501 e. The van der Waals surface area contributed by atoms with Crippen LogP contribution in [0.15, 0.2) is 23.6 Å². The van der Waals surface area contributed by atoms with Crippen molar-refractivity contribution in [2.45, 2.75) is 31.9 Å². The van der Waals surface area contributed by atoms with Crippen LogP contribution in [0.1, 0.15) is 26.7 Å². The molecule has 0 bridgehead atoms. The highest BCUT2D eigenvalue weighted by molar-refractivity contribution is 7.90. The number of hydrogen-bond acceptors (Lipinski definition) is 3. The lowest BCUT2D eigenvalue weighted by atomic mass is 10.1. The van der Waals surface area contributed by atoms with Gasteiger partial charge in [0.05, 0.1) is 18.1 Å². The molecule has 0 saturated heterocycles. The first-order valence-electron chi connectivity index (χ1n) is 4.91. The van der Waals surface area contributed by atoms with Crippen LogP contribution in [0.3, 0.4) is 0 Å². The molecule has 0 fully saturated rings. The SMILES string of the molecule is COC1=CC=C(NS(=O)(=O)C(C)C)CC1. The Balaban J connectivity index is 2.70. The van der Waals surface area contributed by atoms with Gasteiger partial charge in [0.15, 0.2) is 0 Å². The lowest BCUT2D eigenvalue weighted by Crippen LogP contribution is -2.30. The summed E-state index contributed by atoms with van der Waals surface area (Å²) in [5.74, 6) is 0.877. The van der Waals surface area contributed by atoms with Crippen molar-refractivity contribution in [1.82, 2.24) is 4.72 Å². The summed E-state index contributed by atoms with van der Waals surface area (Å²) in [6.45, 7) is 3.31. The molecule has 1 N–H and O–H groups in total. The number of hydrogen-bond donors (Lipinski definition) is 1. The summed E-state index contributed by atoms with van der Waals surface area (Å²) in [6, 6.07) is 0. The molecule has 1 rings (SSSR count). The maximum atomic E-state index is 11.5. The number of ether oxygens (including phenoxy) is 1. The van der Waals surface area contributed by atoms with E-state index in [1.807, 2.05) is 0 Å². The highest BCUT2D eigenvalue weighted by atomic mass is 32.2. The first-order chi connectivity index (χ1) is 6.95. The third-order valence-corrected chi connectivity index (χ3v) is 4.06. The van der Waals surface area contributed by atoms with Crippen LogP contribution < -0.4 is 4.72 Å². The fourth-order valence-corrected chi connectivity index (χ4v) is 1.95. The molecule has 0 aliphatic heterocycles. The average molecular weight is 231 g/mol. The minimum absolute atomic E-state index is 0.411. The monoisotopic (exact) mass is 231 g/mol. The van der Waals surface area contributed by atoms with Gasteiger partial charge in [0, 0.05) is 12.1 Å². The van der Waals surface area contributed by atoms with E-state index in [9.17, 15) is 8.42 Å². The van der Waals surface area contributed by atoms with Crippen LogP contribution in [0, 0.1) is 0 Å². The van der Waals surface area contributed by atoms with E-state index in [1.165, 1.54) is 0 Å². The molecule has 0 aromatic rings. The Morgan fingerprint density at radius 2 is 2.00 bits per heavy atom. The van der Waals surface area contributed by atoms with E-state index in [-0.39, 0.29) is 0 Å². The van der Waals surface area contributed by atoms with Gasteiger partial charge in [-0.25, -0.2) is 8.42 Å². The number of allylic oxidation sites excluding steroid dienone is 4. The van der Waals surface area contributed by atoms with Gasteiger partial charge in [-0.05, 0) is 32.4 Å². The van der Waals surface area contributed by atoms with Gasteiger partial charge < -0.3 is 4.74 Å². The number of rotatable bonds is 4. The maximum absolute atomic E-state index is 11.5. The highest BCUT2D eigenvalue weighted by Gasteiger charge is 2.17. The van der Waals surface area contributed by atoms with Crippen LogP contribution in [-0.4, -0.2) is 20.8 Å². The zero-order valence-corrected chi connectivity index (χ0v) is 10.1. The van der Waals surface area contributed by atoms with Crippen LogP contribution in [0.25, 0.3) is 0 Å². The van der Waals surface area contributed by atoms with Gasteiger partial charge in [-0.3, -0.25) is 4.72 Å². The van der Waals surface area contributed by atoms with Crippen molar-refractivity contribution < 1.29 is 13.2 Å². The molecule has 0 amide bonds. The van der Waals surface area contributed by atoms with Crippen LogP contribution >= 0.6 is 0 Å². The van der Waals surface area contributed by atoms with Crippen molar-refractivity contribution in [3.8, 4) is 0 Å². The molecule has 0 atom stereocenters. The summed E-state index contributed by atoms with van der Waals surface area (Å²) in [5.41, 5.74) is 0.726. The van der Waals surface area contributed by atoms with E-state index < -0.39 is 15.3 Å². The molecule has 4 nitrogen and oxygen atoms in total. The predicted octanol–water partition coefficient (Wildman–Crippen LogP) is 1.52. The van der Waals surface area contributed by atoms with Crippen LogP contribution in [0.4, 0.5) is 0 Å². The number of nitrogens with one attached hydrogen (secondary N) is 1. The van der Waals surface area contributed by atoms with Gasteiger partial charge >= 0.3 is 0 Å². The predicted molar refractivity (Wildman–Crippen MR) is 59.6 cm³/mol. The van der Waals surface area contributed by atoms with E-state index in [2.05, 4.69) is 4.72 Å². The van der Waals surface area contributed by atoms with Crippen molar-refractivity contribution in [2.24, 2.45) is 0 Å². The lowest BCUT2D eigenvalue weighted by molar-refractivity contribution is 0.275. The van der Waals surface area contributed by atoms with Crippen molar-refractivity contribution >= 4 is 10.0 Å². The van der Waals surface area contributed by atoms with Crippen molar-refractivity contribution in [3.05, 3.63) is 23.6 Å². The van der Waals surface area contributed by atoms with E-state index in [1.54, 1.807) is 33.1 Å². The smallest absolute Gasteiger partial charge is 0.234 e. The molecular formula is C10H17NO3S. The minimum Gasteiger partial charge on any atom is -0.501 e. The molecule has 0 radical (unpaired) electrons. The Hall–Kier alpha value is -0.970. The zero-order valence-electron chi connectivity index (χ0n) is 9.28.